The highest BCUT2D eigenvalue weighted by Crippen LogP contribution is 2.30. The van der Waals surface area contributed by atoms with Crippen LogP contribution in [0.3, 0.4) is 0 Å². The minimum Gasteiger partial charge on any atom is -0.493 e. The van der Waals surface area contributed by atoms with E-state index in [0.29, 0.717) is 41.4 Å². The minimum atomic E-state index is -0.367. The summed E-state index contributed by atoms with van der Waals surface area (Å²) in [5.41, 5.74) is 2.12. The zero-order valence-corrected chi connectivity index (χ0v) is 15.4. The molecule has 0 amide bonds. The maximum absolute atomic E-state index is 12.0. The van der Waals surface area contributed by atoms with E-state index in [4.69, 9.17) is 13.6 Å². The van der Waals surface area contributed by atoms with Crippen molar-refractivity contribution in [1.29, 1.82) is 0 Å². The molecular formula is C19H17N3O4S. The van der Waals surface area contributed by atoms with Gasteiger partial charge in [-0.2, -0.15) is 0 Å². The summed E-state index contributed by atoms with van der Waals surface area (Å²) < 4.78 is 18.2. The predicted molar refractivity (Wildman–Crippen MR) is 102 cm³/mol. The predicted octanol–water partition coefficient (Wildman–Crippen LogP) is 3.84. The van der Waals surface area contributed by atoms with E-state index in [-0.39, 0.29) is 5.76 Å². The molecule has 27 heavy (non-hydrogen) atoms. The Balaban J connectivity index is 1.46. The van der Waals surface area contributed by atoms with Crippen molar-refractivity contribution in [3.8, 4) is 17.2 Å². The van der Waals surface area contributed by atoms with Crippen LogP contribution >= 0.6 is 11.8 Å². The SMILES string of the molecule is CCOc1ccccc1-c1nnc(SCCn2c(=O)oc3ccccc32)o1. The van der Waals surface area contributed by atoms with Crippen molar-refractivity contribution in [1.82, 2.24) is 14.8 Å². The molecule has 138 valence electrons. The van der Waals surface area contributed by atoms with E-state index < -0.39 is 0 Å². The molecule has 0 fully saturated rings. The second-order valence-electron chi connectivity index (χ2n) is 5.64. The topological polar surface area (TPSA) is 83.3 Å². The first-order valence-electron chi connectivity index (χ1n) is 8.53. The van der Waals surface area contributed by atoms with E-state index in [1.165, 1.54) is 11.8 Å². The van der Waals surface area contributed by atoms with E-state index in [1.54, 1.807) is 10.6 Å². The number of thioether (sulfide) groups is 1. The minimum absolute atomic E-state index is 0.367. The Labute approximate surface area is 159 Å². The molecule has 4 rings (SSSR count). The van der Waals surface area contributed by atoms with Gasteiger partial charge in [-0.3, -0.25) is 4.57 Å². The number of para-hydroxylation sites is 3. The van der Waals surface area contributed by atoms with E-state index in [1.807, 2.05) is 49.4 Å². The van der Waals surface area contributed by atoms with Gasteiger partial charge in [0.1, 0.15) is 5.75 Å². The molecule has 0 bridgehead atoms. The van der Waals surface area contributed by atoms with Crippen LogP contribution in [0.1, 0.15) is 6.92 Å². The second kappa shape index (κ2) is 7.71. The number of hydrogen-bond acceptors (Lipinski definition) is 7. The number of benzene rings is 2. The summed E-state index contributed by atoms with van der Waals surface area (Å²) in [6.45, 7) is 2.96. The van der Waals surface area contributed by atoms with Gasteiger partial charge < -0.3 is 13.6 Å². The summed E-state index contributed by atoms with van der Waals surface area (Å²) in [6.07, 6.45) is 0. The number of hydrogen-bond donors (Lipinski definition) is 0. The second-order valence-corrected chi connectivity index (χ2v) is 6.68. The lowest BCUT2D eigenvalue weighted by atomic mass is 10.2. The molecule has 0 aliphatic carbocycles. The maximum atomic E-state index is 12.0. The lowest BCUT2D eigenvalue weighted by Crippen LogP contribution is -2.15. The largest absolute Gasteiger partial charge is 0.493 e. The Morgan fingerprint density at radius 1 is 1.07 bits per heavy atom. The van der Waals surface area contributed by atoms with E-state index >= 15 is 0 Å². The first-order chi connectivity index (χ1) is 13.3. The molecule has 0 saturated heterocycles. The molecule has 7 nitrogen and oxygen atoms in total. The molecule has 0 radical (unpaired) electrons. The fraction of sp³-hybridized carbons (Fsp3) is 0.211. The molecule has 0 saturated carbocycles. The Morgan fingerprint density at radius 2 is 1.89 bits per heavy atom. The highest BCUT2D eigenvalue weighted by molar-refractivity contribution is 7.99. The van der Waals surface area contributed by atoms with Crippen LogP contribution in [0.5, 0.6) is 5.75 Å². The highest BCUT2D eigenvalue weighted by Gasteiger charge is 2.14. The van der Waals surface area contributed by atoms with Crippen molar-refractivity contribution < 1.29 is 13.6 Å². The fourth-order valence-corrected chi connectivity index (χ4v) is 3.44. The van der Waals surface area contributed by atoms with Gasteiger partial charge in [0.25, 0.3) is 11.1 Å². The van der Waals surface area contributed by atoms with E-state index in [9.17, 15) is 4.79 Å². The van der Waals surface area contributed by atoms with Crippen molar-refractivity contribution in [2.45, 2.75) is 18.7 Å². The third kappa shape index (κ3) is 3.61. The molecule has 0 N–H and O–H groups in total. The Hall–Kier alpha value is -3.00. The number of fused-ring (bicyclic) bond motifs is 1. The molecule has 4 aromatic rings. The van der Waals surface area contributed by atoms with Crippen LogP contribution in [0, 0.1) is 0 Å². The van der Waals surface area contributed by atoms with Gasteiger partial charge in [0.2, 0.25) is 0 Å². The molecular weight excluding hydrogens is 366 g/mol. The molecule has 2 aromatic carbocycles. The standard InChI is InChI=1S/C19H17N3O4S/c1-2-24-15-9-5-3-7-13(15)17-20-21-18(26-17)27-12-11-22-14-8-4-6-10-16(14)25-19(22)23/h3-10H,2,11-12H2,1H3. The lowest BCUT2D eigenvalue weighted by molar-refractivity contribution is 0.340. The fourth-order valence-electron chi connectivity index (χ4n) is 2.75. The normalized spacial score (nSPS) is 11.1. The van der Waals surface area contributed by atoms with Gasteiger partial charge in [-0.1, -0.05) is 36.0 Å². The zero-order chi connectivity index (χ0) is 18.6. The van der Waals surface area contributed by atoms with Crippen LogP contribution < -0.4 is 10.5 Å². The van der Waals surface area contributed by atoms with Gasteiger partial charge in [0, 0.05) is 12.3 Å². The van der Waals surface area contributed by atoms with E-state index in [0.717, 1.165) is 11.1 Å². The number of nitrogens with zero attached hydrogens (tertiary/aromatic N) is 3. The lowest BCUT2D eigenvalue weighted by Gasteiger charge is -2.06. The molecule has 0 unspecified atom stereocenters. The van der Waals surface area contributed by atoms with Gasteiger partial charge in [0.05, 0.1) is 17.7 Å². The summed E-state index contributed by atoms with van der Waals surface area (Å²) in [5, 5.41) is 8.63. The number of aryl methyl sites for hydroxylation is 1. The van der Waals surface area contributed by atoms with Gasteiger partial charge >= 0.3 is 5.76 Å². The average molecular weight is 383 g/mol. The third-order valence-corrected chi connectivity index (χ3v) is 4.74. The van der Waals surface area contributed by atoms with Crippen molar-refractivity contribution >= 4 is 22.9 Å². The molecule has 8 heteroatoms. The molecule has 0 atom stereocenters. The van der Waals surface area contributed by atoms with Crippen LogP contribution in [0.2, 0.25) is 0 Å². The molecule has 0 spiro atoms. The number of oxazole rings is 1. The molecule has 2 heterocycles. The summed E-state index contributed by atoms with van der Waals surface area (Å²) in [6, 6.07) is 14.9. The maximum Gasteiger partial charge on any atom is 0.419 e. The van der Waals surface area contributed by atoms with Crippen molar-refractivity contribution in [2.24, 2.45) is 0 Å². The van der Waals surface area contributed by atoms with E-state index in [2.05, 4.69) is 10.2 Å². The first-order valence-corrected chi connectivity index (χ1v) is 9.51. The first kappa shape index (κ1) is 17.4. The van der Waals surface area contributed by atoms with Gasteiger partial charge in [-0.25, -0.2) is 4.79 Å². The summed E-state index contributed by atoms with van der Waals surface area (Å²) in [5.74, 6) is 1.34. The van der Waals surface area contributed by atoms with Crippen molar-refractivity contribution in [3.63, 3.8) is 0 Å². The van der Waals surface area contributed by atoms with Crippen molar-refractivity contribution in [2.75, 3.05) is 12.4 Å². The van der Waals surface area contributed by atoms with Crippen LogP contribution in [0.4, 0.5) is 0 Å². The summed E-state index contributed by atoms with van der Waals surface area (Å²) in [4.78, 5) is 12.0. The number of aromatic nitrogens is 3. The zero-order valence-electron chi connectivity index (χ0n) is 14.6. The summed E-state index contributed by atoms with van der Waals surface area (Å²) >= 11 is 1.39. The Bertz CT molecular complexity index is 1120. The van der Waals surface area contributed by atoms with Crippen LogP contribution in [0.15, 0.2) is 67.4 Å². The van der Waals surface area contributed by atoms with Gasteiger partial charge in [0.15, 0.2) is 5.58 Å². The smallest absolute Gasteiger partial charge is 0.419 e. The van der Waals surface area contributed by atoms with Gasteiger partial charge in [-0.15, -0.1) is 10.2 Å². The van der Waals surface area contributed by atoms with Crippen molar-refractivity contribution in [3.05, 3.63) is 59.1 Å². The van der Waals surface area contributed by atoms with Crippen LogP contribution in [-0.4, -0.2) is 27.1 Å². The number of rotatable bonds is 7. The number of ether oxygens (including phenoxy) is 1. The molecule has 0 aliphatic rings. The monoisotopic (exact) mass is 383 g/mol. The Kier molecular flexibility index (Phi) is 4.97. The average Bonchev–Trinajstić information content (AvgIpc) is 3.27. The van der Waals surface area contributed by atoms with Gasteiger partial charge in [-0.05, 0) is 31.2 Å². The van der Waals surface area contributed by atoms with Crippen LogP contribution in [-0.2, 0) is 6.54 Å². The molecule has 2 aromatic heterocycles. The highest BCUT2D eigenvalue weighted by atomic mass is 32.2. The third-order valence-electron chi connectivity index (χ3n) is 3.94. The van der Waals surface area contributed by atoms with Crippen LogP contribution in [0.25, 0.3) is 22.6 Å². The Morgan fingerprint density at radius 3 is 2.78 bits per heavy atom. The molecule has 0 aliphatic heterocycles. The summed E-state index contributed by atoms with van der Waals surface area (Å²) in [7, 11) is 0. The quantitative estimate of drug-likeness (QED) is 0.448.